The molecule has 0 saturated carbocycles. The van der Waals surface area contributed by atoms with Crippen LogP contribution in [0.25, 0.3) is 0 Å². The van der Waals surface area contributed by atoms with Crippen LogP contribution < -0.4 is 0 Å². The third-order valence-corrected chi connectivity index (χ3v) is 5.56. The Balaban J connectivity index is 1.72. The fourth-order valence-electron chi connectivity index (χ4n) is 3.13. The zero-order valence-electron chi connectivity index (χ0n) is 15.2. The molecule has 7 heteroatoms. The van der Waals surface area contributed by atoms with E-state index in [2.05, 4.69) is 6.92 Å². The molecule has 27 heavy (non-hydrogen) atoms. The maximum absolute atomic E-state index is 13.0. The lowest BCUT2D eigenvalue weighted by molar-refractivity contribution is -0.0251. The molecule has 144 valence electrons. The number of hydrogen-bond acceptors (Lipinski definition) is 5. The maximum atomic E-state index is 13.0. The molecule has 1 amide bonds. The van der Waals surface area contributed by atoms with Crippen LogP contribution in [-0.2, 0) is 10.5 Å². The summed E-state index contributed by atoms with van der Waals surface area (Å²) in [6, 6.07) is 8.85. The third kappa shape index (κ3) is 4.73. The summed E-state index contributed by atoms with van der Waals surface area (Å²) in [6.45, 7) is 3.85. The van der Waals surface area contributed by atoms with E-state index < -0.39 is 5.97 Å². The van der Waals surface area contributed by atoms with Crippen molar-refractivity contribution >= 4 is 23.6 Å². The standard InChI is InChI=1S/C20H23NO5S/c1-2-5-14-12-21(9-11-25-14)19(22)16-6-3-4-7-18(16)27-13-17-15(20(23)24)8-10-26-17/h3-4,6-8,10,14H,2,5,9,11-13H2,1H3,(H,23,24). The highest BCUT2D eigenvalue weighted by Crippen LogP contribution is 2.29. The summed E-state index contributed by atoms with van der Waals surface area (Å²) in [6.07, 6.45) is 3.43. The Kier molecular flexibility index (Phi) is 6.58. The monoisotopic (exact) mass is 389 g/mol. The van der Waals surface area contributed by atoms with Crippen LogP contribution in [0.5, 0.6) is 0 Å². The highest BCUT2D eigenvalue weighted by molar-refractivity contribution is 7.98. The van der Waals surface area contributed by atoms with Gasteiger partial charge in [-0.05, 0) is 24.6 Å². The lowest BCUT2D eigenvalue weighted by Gasteiger charge is -2.33. The Hall–Kier alpha value is -2.25. The maximum Gasteiger partial charge on any atom is 0.339 e. The number of rotatable bonds is 7. The van der Waals surface area contributed by atoms with E-state index in [-0.39, 0.29) is 17.6 Å². The van der Waals surface area contributed by atoms with Gasteiger partial charge in [-0.25, -0.2) is 4.79 Å². The number of carboxylic acids is 1. The van der Waals surface area contributed by atoms with Crippen molar-refractivity contribution in [1.82, 2.24) is 4.90 Å². The van der Waals surface area contributed by atoms with Gasteiger partial charge in [-0.1, -0.05) is 25.5 Å². The van der Waals surface area contributed by atoms with Gasteiger partial charge >= 0.3 is 5.97 Å². The molecule has 1 fully saturated rings. The van der Waals surface area contributed by atoms with Crippen LogP contribution in [0.3, 0.4) is 0 Å². The molecular formula is C20H23NO5S. The van der Waals surface area contributed by atoms with E-state index in [1.807, 2.05) is 29.2 Å². The average molecular weight is 389 g/mol. The minimum Gasteiger partial charge on any atom is -0.478 e. The zero-order chi connectivity index (χ0) is 19.2. The molecule has 1 N–H and O–H groups in total. The highest BCUT2D eigenvalue weighted by Gasteiger charge is 2.26. The molecule has 1 saturated heterocycles. The van der Waals surface area contributed by atoms with Crippen molar-refractivity contribution in [3.63, 3.8) is 0 Å². The molecule has 1 aromatic heterocycles. The van der Waals surface area contributed by atoms with Crippen molar-refractivity contribution in [2.75, 3.05) is 19.7 Å². The van der Waals surface area contributed by atoms with Crippen molar-refractivity contribution in [2.45, 2.75) is 36.5 Å². The molecule has 0 aliphatic carbocycles. The number of benzene rings is 1. The van der Waals surface area contributed by atoms with Crippen LogP contribution in [0.1, 0.15) is 46.2 Å². The first-order valence-electron chi connectivity index (χ1n) is 9.02. The van der Waals surface area contributed by atoms with E-state index in [0.29, 0.717) is 36.8 Å². The van der Waals surface area contributed by atoms with Crippen LogP contribution >= 0.6 is 11.8 Å². The molecule has 2 heterocycles. The molecule has 6 nitrogen and oxygen atoms in total. The van der Waals surface area contributed by atoms with Crippen LogP contribution in [0, 0.1) is 0 Å². The van der Waals surface area contributed by atoms with Gasteiger partial charge in [0.05, 0.1) is 30.3 Å². The van der Waals surface area contributed by atoms with E-state index in [1.54, 1.807) is 0 Å². The number of ether oxygens (including phenoxy) is 1. The van der Waals surface area contributed by atoms with Crippen molar-refractivity contribution < 1.29 is 23.8 Å². The molecule has 1 aliphatic rings. The number of hydrogen-bond donors (Lipinski definition) is 1. The minimum atomic E-state index is -1.01. The second-order valence-corrected chi connectivity index (χ2v) is 7.40. The zero-order valence-corrected chi connectivity index (χ0v) is 16.0. The Bertz CT molecular complexity index is 801. The van der Waals surface area contributed by atoms with Gasteiger partial charge in [0.2, 0.25) is 0 Å². The van der Waals surface area contributed by atoms with Gasteiger partial charge in [-0.2, -0.15) is 0 Å². The van der Waals surface area contributed by atoms with E-state index in [1.165, 1.54) is 24.1 Å². The largest absolute Gasteiger partial charge is 0.478 e. The first-order chi connectivity index (χ1) is 13.1. The molecular weight excluding hydrogens is 366 g/mol. The van der Waals surface area contributed by atoms with Gasteiger partial charge in [0, 0.05) is 18.0 Å². The smallest absolute Gasteiger partial charge is 0.339 e. The molecule has 0 bridgehead atoms. The predicted molar refractivity (Wildman–Crippen MR) is 102 cm³/mol. The van der Waals surface area contributed by atoms with E-state index in [4.69, 9.17) is 9.15 Å². The lowest BCUT2D eigenvalue weighted by atomic mass is 10.1. The predicted octanol–water partition coefficient (Wildman–Crippen LogP) is 3.91. The molecule has 3 rings (SSSR count). The van der Waals surface area contributed by atoms with Gasteiger partial charge < -0.3 is 19.2 Å². The molecule has 1 aliphatic heterocycles. The Morgan fingerprint density at radius 1 is 1.26 bits per heavy atom. The summed E-state index contributed by atoms with van der Waals surface area (Å²) in [5.41, 5.74) is 0.782. The Labute approximate surface area is 162 Å². The second kappa shape index (κ2) is 9.10. The topological polar surface area (TPSA) is 80.0 Å². The van der Waals surface area contributed by atoms with Gasteiger partial charge in [0.15, 0.2) is 0 Å². The fraction of sp³-hybridized carbons (Fsp3) is 0.400. The molecule has 1 aromatic carbocycles. The van der Waals surface area contributed by atoms with E-state index >= 15 is 0 Å². The number of morpholine rings is 1. The summed E-state index contributed by atoms with van der Waals surface area (Å²) >= 11 is 1.40. The Morgan fingerprint density at radius 3 is 2.85 bits per heavy atom. The van der Waals surface area contributed by atoms with Crippen LogP contribution in [0.4, 0.5) is 0 Å². The van der Waals surface area contributed by atoms with Crippen molar-refractivity contribution in [3.05, 3.63) is 53.5 Å². The van der Waals surface area contributed by atoms with Gasteiger partial charge in [-0.3, -0.25) is 4.79 Å². The second-order valence-electron chi connectivity index (χ2n) is 6.38. The number of aromatic carboxylic acids is 1. The van der Waals surface area contributed by atoms with Crippen molar-refractivity contribution in [3.8, 4) is 0 Å². The summed E-state index contributed by atoms with van der Waals surface area (Å²) in [7, 11) is 0. The van der Waals surface area contributed by atoms with Crippen LogP contribution in [0.15, 0.2) is 45.9 Å². The average Bonchev–Trinajstić information content (AvgIpc) is 3.15. The minimum absolute atomic E-state index is 0.0135. The first kappa shape index (κ1) is 19.5. The van der Waals surface area contributed by atoms with E-state index in [0.717, 1.165) is 17.7 Å². The number of furan rings is 1. The van der Waals surface area contributed by atoms with Crippen molar-refractivity contribution in [2.24, 2.45) is 0 Å². The molecule has 0 spiro atoms. The molecule has 1 unspecified atom stereocenters. The summed E-state index contributed by atoms with van der Waals surface area (Å²) < 4.78 is 11.0. The summed E-state index contributed by atoms with van der Waals surface area (Å²) in [5.74, 6) is -0.288. The van der Waals surface area contributed by atoms with Gasteiger partial charge in [0.25, 0.3) is 5.91 Å². The Morgan fingerprint density at radius 2 is 2.07 bits per heavy atom. The lowest BCUT2D eigenvalue weighted by Crippen LogP contribution is -2.45. The highest BCUT2D eigenvalue weighted by atomic mass is 32.2. The third-order valence-electron chi connectivity index (χ3n) is 4.49. The SMILES string of the molecule is CCCC1CN(C(=O)c2ccccc2SCc2occc2C(=O)O)CCO1. The summed E-state index contributed by atoms with van der Waals surface area (Å²) in [4.78, 5) is 26.9. The summed E-state index contributed by atoms with van der Waals surface area (Å²) in [5, 5.41) is 9.19. The van der Waals surface area contributed by atoms with Gasteiger partial charge in [0.1, 0.15) is 11.3 Å². The van der Waals surface area contributed by atoms with E-state index in [9.17, 15) is 14.7 Å². The normalized spacial score (nSPS) is 17.1. The number of carbonyl (C=O) groups is 2. The van der Waals surface area contributed by atoms with Crippen LogP contribution in [0.2, 0.25) is 0 Å². The fourth-order valence-corrected chi connectivity index (χ4v) is 4.12. The van der Waals surface area contributed by atoms with Crippen LogP contribution in [-0.4, -0.2) is 47.7 Å². The van der Waals surface area contributed by atoms with Gasteiger partial charge in [-0.15, -0.1) is 11.8 Å². The molecule has 2 aromatic rings. The first-order valence-corrected chi connectivity index (χ1v) is 10.0. The molecule has 0 radical (unpaired) electrons. The number of carboxylic acid groups (broad SMARTS) is 1. The number of amides is 1. The quantitative estimate of drug-likeness (QED) is 0.723. The molecule has 1 atom stereocenters. The number of thioether (sulfide) groups is 1. The number of nitrogens with zero attached hydrogens (tertiary/aromatic N) is 1. The number of carbonyl (C=O) groups excluding carboxylic acids is 1. The van der Waals surface area contributed by atoms with Crippen molar-refractivity contribution in [1.29, 1.82) is 0 Å².